The van der Waals surface area contributed by atoms with Crippen LogP contribution in [-0.2, 0) is 15.6 Å². The van der Waals surface area contributed by atoms with Crippen LogP contribution in [0.15, 0.2) is 83.9 Å². The van der Waals surface area contributed by atoms with Gasteiger partial charge in [0.25, 0.3) is 5.82 Å². The van der Waals surface area contributed by atoms with Crippen molar-refractivity contribution in [2.75, 3.05) is 31.1 Å². The van der Waals surface area contributed by atoms with Gasteiger partial charge in [0.05, 0.1) is 13.1 Å². The fourth-order valence-electron chi connectivity index (χ4n) is 5.40. The zero-order valence-corrected chi connectivity index (χ0v) is 20.1. The van der Waals surface area contributed by atoms with Gasteiger partial charge in [-0.2, -0.15) is 4.31 Å². The zero-order chi connectivity index (χ0) is 23.6. The molecule has 0 amide bonds. The van der Waals surface area contributed by atoms with Gasteiger partial charge in [0.1, 0.15) is 16.7 Å². The number of aliphatic hydroxyl groups is 1. The molecule has 2 aliphatic rings. The number of sulfonamides is 1. The van der Waals surface area contributed by atoms with E-state index in [1.807, 2.05) is 66.7 Å². The Balaban J connectivity index is 1.33. The molecule has 0 radical (unpaired) electrons. The van der Waals surface area contributed by atoms with E-state index in [0.29, 0.717) is 18.0 Å². The van der Waals surface area contributed by atoms with Crippen LogP contribution in [0.1, 0.15) is 36.8 Å². The second-order valence-electron chi connectivity index (χ2n) is 9.28. The van der Waals surface area contributed by atoms with Crippen LogP contribution >= 0.6 is 0 Å². The lowest BCUT2D eigenvalue weighted by Gasteiger charge is -2.40. The van der Waals surface area contributed by atoms with E-state index in [-0.39, 0.29) is 5.92 Å². The molecule has 3 aromatic rings. The number of benzene rings is 2. The van der Waals surface area contributed by atoms with E-state index < -0.39 is 15.6 Å². The Hall–Kier alpha value is -2.74. The highest BCUT2D eigenvalue weighted by atomic mass is 32.2. The highest BCUT2D eigenvalue weighted by Crippen LogP contribution is 2.42. The Morgan fingerprint density at radius 3 is 1.85 bits per heavy atom. The molecule has 6 nitrogen and oxygen atoms in total. The molecule has 0 atom stereocenters. The Morgan fingerprint density at radius 1 is 0.794 bits per heavy atom. The fourth-order valence-corrected chi connectivity index (χ4v) is 6.88. The second kappa shape index (κ2) is 9.49. The summed E-state index contributed by atoms with van der Waals surface area (Å²) in [7, 11) is -3.43. The van der Waals surface area contributed by atoms with Crippen LogP contribution in [0.4, 0.5) is 5.82 Å². The Labute approximate surface area is 201 Å². The first-order valence-corrected chi connectivity index (χ1v) is 13.5. The molecule has 0 bridgehead atoms. The SMILES string of the molecule is O=S(=O)(c1ccc(N2CCC(C(O)(c3ccccc3)c3ccccc3)CC2)[nH+]c1)N1CCCC1. The standard InChI is InChI=1S/C27H31N3O3S/c31-27(22-9-3-1-4-10-22,23-11-5-2-6-12-23)24-15-19-29(20-16-24)26-14-13-25(21-28-26)34(32,33)30-17-7-8-18-30/h1-6,9-14,21,24,31H,7-8,15-20H2/p+1. The summed E-state index contributed by atoms with van der Waals surface area (Å²) in [5.41, 5.74) is 0.789. The molecule has 0 saturated carbocycles. The van der Waals surface area contributed by atoms with Gasteiger partial charge in [0.15, 0.2) is 0 Å². The zero-order valence-electron chi connectivity index (χ0n) is 19.3. The van der Waals surface area contributed by atoms with E-state index in [9.17, 15) is 13.5 Å². The summed E-state index contributed by atoms with van der Waals surface area (Å²) in [5.74, 6) is 0.977. The van der Waals surface area contributed by atoms with E-state index in [4.69, 9.17) is 0 Å². The van der Waals surface area contributed by atoms with Gasteiger partial charge in [-0.3, -0.25) is 4.90 Å². The molecule has 2 saturated heterocycles. The number of hydrogen-bond acceptors (Lipinski definition) is 4. The van der Waals surface area contributed by atoms with E-state index in [1.54, 1.807) is 16.6 Å². The third-order valence-electron chi connectivity index (χ3n) is 7.32. The molecule has 2 aromatic carbocycles. The van der Waals surface area contributed by atoms with Crippen LogP contribution in [0.2, 0.25) is 0 Å². The highest BCUT2D eigenvalue weighted by Gasteiger charge is 2.43. The quantitative estimate of drug-likeness (QED) is 0.589. The molecular weight excluding hydrogens is 446 g/mol. The average molecular weight is 479 g/mol. The molecule has 2 N–H and O–H groups in total. The van der Waals surface area contributed by atoms with Crippen LogP contribution in [0.25, 0.3) is 0 Å². The monoisotopic (exact) mass is 478 g/mol. The molecule has 0 spiro atoms. The van der Waals surface area contributed by atoms with Crippen molar-refractivity contribution < 1.29 is 18.5 Å². The van der Waals surface area contributed by atoms with Crippen LogP contribution in [0, 0.1) is 5.92 Å². The van der Waals surface area contributed by atoms with Gasteiger partial charge in [-0.15, -0.1) is 0 Å². The largest absolute Gasteiger partial charge is 0.380 e. The van der Waals surface area contributed by atoms with Gasteiger partial charge in [-0.1, -0.05) is 60.7 Å². The van der Waals surface area contributed by atoms with E-state index in [2.05, 4.69) is 9.88 Å². The van der Waals surface area contributed by atoms with Gasteiger partial charge in [0, 0.05) is 25.1 Å². The number of nitrogens with one attached hydrogen (secondary N) is 1. The third kappa shape index (κ3) is 4.24. The number of hydrogen-bond donors (Lipinski definition) is 1. The van der Waals surface area contributed by atoms with Crippen LogP contribution in [0.3, 0.4) is 0 Å². The Morgan fingerprint density at radius 2 is 1.35 bits per heavy atom. The number of rotatable bonds is 6. The van der Waals surface area contributed by atoms with E-state index in [1.165, 1.54) is 0 Å². The first-order chi connectivity index (χ1) is 16.5. The molecule has 7 heteroatoms. The summed E-state index contributed by atoms with van der Waals surface area (Å²) in [6.45, 7) is 2.76. The van der Waals surface area contributed by atoms with Crippen molar-refractivity contribution in [3.05, 3.63) is 90.1 Å². The van der Waals surface area contributed by atoms with Crippen molar-refractivity contribution in [1.82, 2.24) is 4.31 Å². The molecule has 2 fully saturated rings. The smallest absolute Gasteiger partial charge is 0.274 e. The summed E-state index contributed by atoms with van der Waals surface area (Å²) < 4.78 is 27.2. The van der Waals surface area contributed by atoms with Crippen LogP contribution in [0.5, 0.6) is 0 Å². The fraction of sp³-hybridized carbons (Fsp3) is 0.370. The predicted molar refractivity (Wildman–Crippen MR) is 132 cm³/mol. The maximum absolute atomic E-state index is 12.8. The highest BCUT2D eigenvalue weighted by molar-refractivity contribution is 7.89. The lowest BCUT2D eigenvalue weighted by Crippen LogP contribution is -2.45. The van der Waals surface area contributed by atoms with Gasteiger partial charge in [0.2, 0.25) is 10.0 Å². The Bertz CT molecular complexity index is 1150. The third-order valence-corrected chi connectivity index (χ3v) is 9.22. The summed E-state index contributed by atoms with van der Waals surface area (Å²) in [6.07, 6.45) is 5.10. The van der Waals surface area contributed by atoms with Crippen LogP contribution < -0.4 is 9.88 Å². The van der Waals surface area contributed by atoms with Crippen molar-refractivity contribution in [3.8, 4) is 0 Å². The summed E-state index contributed by atoms with van der Waals surface area (Å²) in [6, 6.07) is 23.5. The van der Waals surface area contributed by atoms with Gasteiger partial charge in [-0.05, 0) is 42.9 Å². The predicted octanol–water partition coefficient (Wildman–Crippen LogP) is 3.44. The normalized spacial score (nSPS) is 18.3. The summed E-state index contributed by atoms with van der Waals surface area (Å²) in [4.78, 5) is 5.76. The second-order valence-corrected chi connectivity index (χ2v) is 11.2. The van der Waals surface area contributed by atoms with E-state index >= 15 is 0 Å². The molecule has 34 heavy (non-hydrogen) atoms. The number of piperidine rings is 1. The topological polar surface area (TPSA) is 75.0 Å². The minimum Gasteiger partial charge on any atom is -0.380 e. The lowest BCUT2D eigenvalue weighted by molar-refractivity contribution is -0.367. The molecule has 2 aliphatic heterocycles. The van der Waals surface area contributed by atoms with E-state index in [0.717, 1.165) is 55.7 Å². The van der Waals surface area contributed by atoms with Gasteiger partial charge >= 0.3 is 0 Å². The number of anilines is 1. The molecule has 3 heterocycles. The van der Waals surface area contributed by atoms with Crippen molar-refractivity contribution in [2.45, 2.75) is 36.2 Å². The number of H-pyrrole nitrogens is 1. The van der Waals surface area contributed by atoms with Gasteiger partial charge in [-0.25, -0.2) is 13.4 Å². The molecule has 1 aromatic heterocycles. The van der Waals surface area contributed by atoms with Crippen molar-refractivity contribution >= 4 is 15.8 Å². The molecular formula is C27H32N3O3S+. The first kappa shape index (κ1) is 23.0. The number of pyridine rings is 1. The van der Waals surface area contributed by atoms with Gasteiger partial charge < -0.3 is 5.11 Å². The summed E-state index contributed by atoms with van der Waals surface area (Å²) >= 11 is 0. The molecule has 0 aliphatic carbocycles. The number of aromatic nitrogens is 1. The minimum atomic E-state index is -3.43. The Kier molecular flexibility index (Phi) is 6.42. The van der Waals surface area contributed by atoms with Crippen molar-refractivity contribution in [2.24, 2.45) is 5.92 Å². The minimum absolute atomic E-state index is 0.0726. The summed E-state index contributed by atoms with van der Waals surface area (Å²) in [5, 5.41) is 12.1. The average Bonchev–Trinajstić information content (AvgIpc) is 3.46. The van der Waals surface area contributed by atoms with Crippen molar-refractivity contribution in [1.29, 1.82) is 0 Å². The maximum Gasteiger partial charge on any atom is 0.274 e. The van der Waals surface area contributed by atoms with Crippen LogP contribution in [-0.4, -0.2) is 44.0 Å². The maximum atomic E-state index is 12.8. The first-order valence-electron chi connectivity index (χ1n) is 12.1. The number of aromatic amines is 1. The molecule has 178 valence electrons. The van der Waals surface area contributed by atoms with Crippen molar-refractivity contribution in [3.63, 3.8) is 0 Å². The lowest BCUT2D eigenvalue weighted by atomic mass is 9.72. The molecule has 5 rings (SSSR count). The molecule has 0 unspecified atom stereocenters. The number of nitrogens with zero attached hydrogens (tertiary/aromatic N) is 2.